The van der Waals surface area contributed by atoms with Crippen LogP contribution in [-0.2, 0) is 16.9 Å². The lowest BCUT2D eigenvalue weighted by Crippen LogP contribution is -2.58. The molecule has 186 valence electrons. The zero-order valence-corrected chi connectivity index (χ0v) is 19.4. The number of fused-ring (bicyclic) bond motifs is 2. The van der Waals surface area contributed by atoms with Crippen molar-refractivity contribution in [1.82, 2.24) is 19.4 Å². The van der Waals surface area contributed by atoms with Crippen molar-refractivity contribution in [2.45, 2.75) is 44.9 Å². The highest BCUT2D eigenvalue weighted by Crippen LogP contribution is 2.41. The molecule has 11 heteroatoms. The molecule has 34 heavy (non-hydrogen) atoms. The van der Waals surface area contributed by atoms with Crippen molar-refractivity contribution in [2.75, 3.05) is 33.3 Å². The lowest BCUT2D eigenvalue weighted by Gasteiger charge is -2.50. The number of amides is 1. The van der Waals surface area contributed by atoms with Crippen LogP contribution in [0.4, 0.5) is 13.2 Å². The number of carbonyl (C=O) groups is 2. The number of nitrogens with zero attached hydrogens (tertiary/aromatic N) is 4. The number of aromatic nitrogens is 2. The van der Waals surface area contributed by atoms with E-state index in [2.05, 4.69) is 23.3 Å². The number of benzene rings is 1. The first-order valence-electron chi connectivity index (χ1n) is 11.0. The van der Waals surface area contributed by atoms with Gasteiger partial charge in [0.2, 0.25) is 0 Å². The Morgan fingerprint density at radius 3 is 2.21 bits per heavy atom. The van der Waals surface area contributed by atoms with E-state index in [-0.39, 0.29) is 11.4 Å². The summed E-state index contributed by atoms with van der Waals surface area (Å²) >= 11 is 0. The van der Waals surface area contributed by atoms with Gasteiger partial charge in [-0.05, 0) is 50.6 Å². The number of aliphatic carboxylic acids is 1. The van der Waals surface area contributed by atoms with Crippen LogP contribution in [-0.4, -0.2) is 75.8 Å². The van der Waals surface area contributed by atoms with Gasteiger partial charge >= 0.3 is 12.1 Å². The van der Waals surface area contributed by atoms with Gasteiger partial charge in [0.25, 0.3) is 5.91 Å². The topological polar surface area (TPSA) is 87.9 Å². The van der Waals surface area contributed by atoms with Gasteiger partial charge in [-0.3, -0.25) is 9.69 Å². The van der Waals surface area contributed by atoms with Crippen LogP contribution < -0.4 is 4.74 Å². The number of piperidine rings is 1. The Bertz CT molecular complexity index is 1010. The summed E-state index contributed by atoms with van der Waals surface area (Å²) in [6.45, 7) is 8.94. The average molecular weight is 483 g/mol. The van der Waals surface area contributed by atoms with Gasteiger partial charge in [0.15, 0.2) is 0 Å². The van der Waals surface area contributed by atoms with E-state index in [1.165, 1.54) is 11.5 Å². The molecule has 1 spiro atoms. The van der Waals surface area contributed by atoms with Crippen LogP contribution >= 0.6 is 0 Å². The maximum Gasteiger partial charge on any atom is 0.490 e. The standard InChI is InChI=1S/C21H28N4O2.C2HF3O2/c1-4-24-13-14-25-16(2)15-22-20(25)21(24)9-11-23(12-10-21)19(26)17-5-7-18(27-3)8-6-17;3-2(4,5)1(6)7/h5-8,15H,4,9-14H2,1-3H3;(H,6,7). The molecule has 0 bridgehead atoms. The Balaban J connectivity index is 0.000000406. The van der Waals surface area contributed by atoms with E-state index in [1.54, 1.807) is 7.11 Å². The molecule has 2 aliphatic heterocycles. The number of alkyl halides is 3. The number of hydrogen-bond donors (Lipinski definition) is 1. The molecule has 0 aliphatic carbocycles. The number of halogens is 3. The first-order valence-corrected chi connectivity index (χ1v) is 11.0. The molecular formula is C23H29F3N4O4. The number of hydrogen-bond acceptors (Lipinski definition) is 5. The molecule has 4 rings (SSSR count). The molecule has 1 saturated heterocycles. The minimum atomic E-state index is -5.08. The average Bonchev–Trinajstić information content (AvgIpc) is 3.21. The number of imidazole rings is 1. The van der Waals surface area contributed by atoms with E-state index < -0.39 is 12.1 Å². The molecule has 0 saturated carbocycles. The second-order valence-electron chi connectivity index (χ2n) is 8.31. The summed E-state index contributed by atoms with van der Waals surface area (Å²) in [4.78, 5) is 31.1. The first kappa shape index (κ1) is 25.5. The Hall–Kier alpha value is -3.08. The zero-order chi connectivity index (χ0) is 25.1. The number of likely N-dealkylation sites (N-methyl/N-ethyl adjacent to an activating group) is 1. The van der Waals surface area contributed by atoms with Crippen molar-refractivity contribution in [3.63, 3.8) is 0 Å². The summed E-state index contributed by atoms with van der Waals surface area (Å²) in [6.07, 6.45) is -1.23. The Morgan fingerprint density at radius 1 is 1.12 bits per heavy atom. The van der Waals surface area contributed by atoms with Crippen LogP contribution in [0.1, 0.15) is 41.6 Å². The van der Waals surface area contributed by atoms with Gasteiger partial charge in [-0.25, -0.2) is 9.78 Å². The lowest BCUT2D eigenvalue weighted by atomic mass is 9.83. The summed E-state index contributed by atoms with van der Waals surface area (Å²) < 4.78 is 39.3. The molecule has 0 radical (unpaired) electrons. The smallest absolute Gasteiger partial charge is 0.490 e. The molecule has 8 nitrogen and oxygen atoms in total. The Morgan fingerprint density at radius 2 is 1.71 bits per heavy atom. The van der Waals surface area contributed by atoms with Crippen molar-refractivity contribution < 1.29 is 32.6 Å². The number of carbonyl (C=O) groups excluding carboxylic acids is 1. The van der Waals surface area contributed by atoms with E-state index in [9.17, 15) is 18.0 Å². The molecule has 1 fully saturated rings. The number of ether oxygens (including phenoxy) is 1. The fourth-order valence-electron chi connectivity index (χ4n) is 4.69. The minimum Gasteiger partial charge on any atom is -0.497 e. The highest BCUT2D eigenvalue weighted by molar-refractivity contribution is 5.94. The molecule has 1 N–H and O–H groups in total. The van der Waals surface area contributed by atoms with E-state index in [4.69, 9.17) is 19.6 Å². The van der Waals surface area contributed by atoms with Crippen molar-refractivity contribution >= 4 is 11.9 Å². The fourth-order valence-corrected chi connectivity index (χ4v) is 4.69. The molecule has 2 aromatic rings. The summed E-state index contributed by atoms with van der Waals surface area (Å²) in [5.74, 6) is -0.699. The minimum absolute atomic E-state index is 0.0437. The van der Waals surface area contributed by atoms with Gasteiger partial charge in [-0.15, -0.1) is 0 Å². The Labute approximate surface area is 195 Å². The predicted octanol–water partition coefficient (Wildman–Crippen LogP) is 3.30. The lowest BCUT2D eigenvalue weighted by molar-refractivity contribution is -0.192. The summed E-state index contributed by atoms with van der Waals surface area (Å²) in [6, 6.07) is 7.39. The summed E-state index contributed by atoms with van der Waals surface area (Å²) in [5, 5.41) is 7.12. The maximum atomic E-state index is 12.9. The van der Waals surface area contributed by atoms with Crippen LogP contribution in [0.2, 0.25) is 0 Å². The molecule has 2 aliphatic rings. The zero-order valence-electron chi connectivity index (χ0n) is 19.4. The van der Waals surface area contributed by atoms with Crippen molar-refractivity contribution in [3.05, 3.63) is 47.5 Å². The van der Waals surface area contributed by atoms with Gasteiger partial charge in [0.05, 0.1) is 12.6 Å². The van der Waals surface area contributed by atoms with Crippen LogP contribution in [0, 0.1) is 6.92 Å². The predicted molar refractivity (Wildman–Crippen MR) is 118 cm³/mol. The van der Waals surface area contributed by atoms with Gasteiger partial charge in [-0.2, -0.15) is 13.2 Å². The highest BCUT2D eigenvalue weighted by atomic mass is 19.4. The van der Waals surface area contributed by atoms with Gasteiger partial charge in [-0.1, -0.05) is 6.92 Å². The normalized spacial score (nSPS) is 17.5. The van der Waals surface area contributed by atoms with E-state index in [0.717, 1.165) is 56.9 Å². The Kier molecular flexibility index (Phi) is 7.54. The van der Waals surface area contributed by atoms with Crippen molar-refractivity contribution in [1.29, 1.82) is 0 Å². The third-order valence-corrected chi connectivity index (χ3v) is 6.51. The molecule has 1 aromatic heterocycles. The highest BCUT2D eigenvalue weighted by Gasteiger charge is 2.47. The third-order valence-electron chi connectivity index (χ3n) is 6.51. The number of carboxylic acid groups (broad SMARTS) is 1. The second kappa shape index (κ2) is 10.0. The number of aryl methyl sites for hydroxylation is 1. The second-order valence-corrected chi connectivity index (χ2v) is 8.31. The third kappa shape index (κ3) is 5.03. The fraction of sp³-hybridized carbons (Fsp3) is 0.522. The number of rotatable bonds is 3. The van der Waals surface area contributed by atoms with E-state index in [1.807, 2.05) is 35.4 Å². The SMILES string of the molecule is CCN1CCn2c(C)cnc2C12CCN(C(=O)c1ccc(OC)cc1)CC2.O=C(O)C(F)(F)F. The number of carboxylic acids is 1. The van der Waals surface area contributed by atoms with Crippen molar-refractivity contribution in [2.24, 2.45) is 0 Å². The van der Waals surface area contributed by atoms with Gasteiger partial charge < -0.3 is 19.3 Å². The van der Waals surface area contributed by atoms with Crippen LogP contribution in [0.5, 0.6) is 5.75 Å². The monoisotopic (exact) mass is 482 g/mol. The molecular weight excluding hydrogens is 453 g/mol. The largest absolute Gasteiger partial charge is 0.497 e. The van der Waals surface area contributed by atoms with E-state index >= 15 is 0 Å². The molecule has 3 heterocycles. The first-order chi connectivity index (χ1) is 16.0. The van der Waals surface area contributed by atoms with Gasteiger partial charge in [0, 0.05) is 43.6 Å². The quantitative estimate of drug-likeness (QED) is 0.723. The van der Waals surface area contributed by atoms with Gasteiger partial charge in [0.1, 0.15) is 11.6 Å². The van der Waals surface area contributed by atoms with Crippen LogP contribution in [0.3, 0.4) is 0 Å². The molecule has 0 unspecified atom stereocenters. The number of likely N-dealkylation sites (tertiary alicyclic amines) is 1. The summed E-state index contributed by atoms with van der Waals surface area (Å²) in [7, 11) is 1.64. The molecule has 0 atom stereocenters. The molecule has 1 aromatic carbocycles. The number of methoxy groups -OCH3 is 1. The summed E-state index contributed by atoms with van der Waals surface area (Å²) in [5.41, 5.74) is 1.91. The van der Waals surface area contributed by atoms with E-state index in [0.29, 0.717) is 0 Å². The van der Waals surface area contributed by atoms with Crippen LogP contribution in [0.15, 0.2) is 30.5 Å². The van der Waals surface area contributed by atoms with Crippen LogP contribution in [0.25, 0.3) is 0 Å². The molecule has 1 amide bonds. The maximum absolute atomic E-state index is 12.9. The van der Waals surface area contributed by atoms with Crippen molar-refractivity contribution in [3.8, 4) is 5.75 Å².